The van der Waals surface area contributed by atoms with Crippen molar-refractivity contribution in [1.29, 1.82) is 0 Å². The molecule has 0 saturated heterocycles. The smallest absolute Gasteiger partial charge is 0.342 e. The molecule has 6 heteroatoms. The number of hydrogen-bond acceptors (Lipinski definition) is 1. The number of aromatic nitrogens is 2. The van der Waals surface area contributed by atoms with Crippen molar-refractivity contribution in [2.45, 2.75) is 37.8 Å². The summed E-state index contributed by atoms with van der Waals surface area (Å²) in [4.78, 5) is 7.34. The molecule has 2 aromatic rings. The molecule has 1 heterocycles. The van der Waals surface area contributed by atoms with Crippen LogP contribution in [0, 0.1) is 5.92 Å². The Morgan fingerprint density at radius 1 is 1.20 bits per heavy atom. The van der Waals surface area contributed by atoms with Gasteiger partial charge in [-0.3, -0.25) is 0 Å². The van der Waals surface area contributed by atoms with E-state index in [2.05, 4.69) is 9.97 Å². The highest BCUT2D eigenvalue weighted by Crippen LogP contribution is 2.45. The summed E-state index contributed by atoms with van der Waals surface area (Å²) >= 11 is 5.89. The van der Waals surface area contributed by atoms with E-state index in [0.29, 0.717) is 34.7 Å². The zero-order valence-corrected chi connectivity index (χ0v) is 11.4. The van der Waals surface area contributed by atoms with Crippen LogP contribution in [0.4, 0.5) is 13.2 Å². The summed E-state index contributed by atoms with van der Waals surface area (Å²) in [6, 6.07) is 5.11. The lowest BCUT2D eigenvalue weighted by Crippen LogP contribution is -2.32. The van der Waals surface area contributed by atoms with Crippen LogP contribution < -0.4 is 0 Å². The molecule has 2 unspecified atom stereocenters. The van der Waals surface area contributed by atoms with Gasteiger partial charge in [0.05, 0.1) is 17.0 Å². The SMILES string of the molecule is FC(F)(F)C1CCCCC1c1nc2ccc(Cl)cc2[nH]1. The number of benzene rings is 1. The molecule has 2 atom stereocenters. The second-order valence-electron chi connectivity index (χ2n) is 5.32. The van der Waals surface area contributed by atoms with Gasteiger partial charge in [-0.15, -0.1) is 0 Å². The fourth-order valence-electron chi connectivity index (χ4n) is 3.03. The van der Waals surface area contributed by atoms with E-state index in [4.69, 9.17) is 11.6 Å². The zero-order chi connectivity index (χ0) is 14.3. The average molecular weight is 303 g/mol. The highest BCUT2D eigenvalue weighted by atomic mass is 35.5. The molecule has 1 aliphatic rings. The molecule has 1 N–H and O–H groups in total. The number of alkyl halides is 3. The number of aromatic amines is 1. The Balaban J connectivity index is 1.99. The maximum atomic E-state index is 13.1. The van der Waals surface area contributed by atoms with Crippen molar-refractivity contribution in [2.24, 2.45) is 5.92 Å². The van der Waals surface area contributed by atoms with Crippen molar-refractivity contribution >= 4 is 22.6 Å². The van der Waals surface area contributed by atoms with Crippen LogP contribution in [0.15, 0.2) is 18.2 Å². The number of rotatable bonds is 1. The lowest BCUT2D eigenvalue weighted by atomic mass is 9.78. The van der Waals surface area contributed by atoms with E-state index in [9.17, 15) is 13.2 Å². The van der Waals surface area contributed by atoms with Gasteiger partial charge >= 0.3 is 6.18 Å². The summed E-state index contributed by atoms with van der Waals surface area (Å²) in [5.41, 5.74) is 1.36. The van der Waals surface area contributed by atoms with Crippen LogP contribution in [0.3, 0.4) is 0 Å². The Bertz CT molecular complexity index is 620. The summed E-state index contributed by atoms with van der Waals surface area (Å²) in [5, 5.41) is 0.545. The Kier molecular flexibility index (Phi) is 3.40. The molecular formula is C14H14ClF3N2. The number of hydrogen-bond donors (Lipinski definition) is 1. The Hall–Kier alpha value is -1.23. The first-order valence-corrected chi connectivity index (χ1v) is 7.05. The Labute approximate surface area is 119 Å². The number of H-pyrrole nitrogens is 1. The molecule has 1 fully saturated rings. The van der Waals surface area contributed by atoms with Crippen molar-refractivity contribution in [3.63, 3.8) is 0 Å². The highest BCUT2D eigenvalue weighted by Gasteiger charge is 2.46. The molecule has 0 radical (unpaired) electrons. The van der Waals surface area contributed by atoms with Crippen molar-refractivity contribution in [2.75, 3.05) is 0 Å². The summed E-state index contributed by atoms with van der Waals surface area (Å²) in [5.74, 6) is -1.44. The van der Waals surface area contributed by atoms with E-state index in [-0.39, 0.29) is 6.42 Å². The molecular weight excluding hydrogens is 289 g/mol. The van der Waals surface area contributed by atoms with Crippen LogP contribution >= 0.6 is 11.6 Å². The molecule has 20 heavy (non-hydrogen) atoms. The van der Waals surface area contributed by atoms with E-state index in [1.54, 1.807) is 18.2 Å². The minimum absolute atomic E-state index is 0.186. The van der Waals surface area contributed by atoms with Gasteiger partial charge in [0.25, 0.3) is 0 Å². The van der Waals surface area contributed by atoms with Crippen molar-refractivity contribution < 1.29 is 13.2 Å². The van der Waals surface area contributed by atoms with Gasteiger partial charge in [0.1, 0.15) is 5.82 Å². The maximum Gasteiger partial charge on any atom is 0.392 e. The van der Waals surface area contributed by atoms with Crippen LogP contribution in [0.5, 0.6) is 0 Å². The third kappa shape index (κ3) is 2.51. The van der Waals surface area contributed by atoms with Gasteiger partial charge < -0.3 is 4.98 Å². The van der Waals surface area contributed by atoms with Gasteiger partial charge in [-0.1, -0.05) is 24.4 Å². The zero-order valence-electron chi connectivity index (χ0n) is 10.7. The van der Waals surface area contributed by atoms with E-state index >= 15 is 0 Å². The average Bonchev–Trinajstić information content (AvgIpc) is 2.80. The first-order chi connectivity index (χ1) is 9.45. The minimum atomic E-state index is -4.16. The summed E-state index contributed by atoms with van der Waals surface area (Å²) in [6.45, 7) is 0. The molecule has 0 aliphatic heterocycles. The second-order valence-corrected chi connectivity index (χ2v) is 5.76. The quantitative estimate of drug-likeness (QED) is 0.784. The van der Waals surface area contributed by atoms with E-state index < -0.39 is 18.0 Å². The van der Waals surface area contributed by atoms with E-state index in [1.807, 2.05) is 0 Å². The molecule has 1 aliphatic carbocycles. The molecule has 0 bridgehead atoms. The number of fused-ring (bicyclic) bond motifs is 1. The molecule has 1 aromatic carbocycles. The monoisotopic (exact) mass is 302 g/mol. The third-order valence-electron chi connectivity index (χ3n) is 4.00. The number of nitrogens with zero attached hydrogens (tertiary/aromatic N) is 1. The predicted octanol–water partition coefficient (Wildman–Crippen LogP) is 5.05. The van der Waals surface area contributed by atoms with Crippen LogP contribution in [-0.4, -0.2) is 16.1 Å². The molecule has 1 aromatic heterocycles. The fourth-order valence-corrected chi connectivity index (χ4v) is 3.20. The topological polar surface area (TPSA) is 28.7 Å². The van der Waals surface area contributed by atoms with Gasteiger partial charge in [-0.05, 0) is 31.0 Å². The fraction of sp³-hybridized carbons (Fsp3) is 0.500. The van der Waals surface area contributed by atoms with E-state index in [1.165, 1.54) is 0 Å². The van der Waals surface area contributed by atoms with Crippen molar-refractivity contribution in [1.82, 2.24) is 9.97 Å². The largest absolute Gasteiger partial charge is 0.392 e. The lowest BCUT2D eigenvalue weighted by Gasteiger charge is -2.31. The normalized spacial score (nSPS) is 24.2. The molecule has 1 saturated carbocycles. The number of nitrogens with one attached hydrogen (secondary N) is 1. The van der Waals surface area contributed by atoms with Crippen molar-refractivity contribution in [3.05, 3.63) is 29.0 Å². The molecule has 3 rings (SSSR count). The number of halogens is 4. The van der Waals surface area contributed by atoms with Crippen LogP contribution in [0.2, 0.25) is 5.02 Å². The van der Waals surface area contributed by atoms with Gasteiger partial charge in [0.2, 0.25) is 0 Å². The molecule has 2 nitrogen and oxygen atoms in total. The van der Waals surface area contributed by atoms with E-state index in [0.717, 1.165) is 6.42 Å². The molecule has 0 spiro atoms. The van der Waals surface area contributed by atoms with Gasteiger partial charge in [-0.2, -0.15) is 13.2 Å². The number of imidazole rings is 1. The molecule has 0 amide bonds. The summed E-state index contributed by atoms with van der Waals surface area (Å²) < 4.78 is 39.4. The minimum Gasteiger partial charge on any atom is -0.342 e. The predicted molar refractivity (Wildman–Crippen MR) is 71.9 cm³/mol. The van der Waals surface area contributed by atoms with Crippen LogP contribution in [0.25, 0.3) is 11.0 Å². The Morgan fingerprint density at radius 3 is 2.70 bits per heavy atom. The first-order valence-electron chi connectivity index (χ1n) is 6.67. The van der Waals surface area contributed by atoms with Crippen LogP contribution in [-0.2, 0) is 0 Å². The molecule has 108 valence electrons. The summed E-state index contributed by atoms with van der Waals surface area (Å²) in [6.07, 6.45) is -2.01. The summed E-state index contributed by atoms with van der Waals surface area (Å²) in [7, 11) is 0. The maximum absolute atomic E-state index is 13.1. The second kappa shape index (κ2) is 4.95. The van der Waals surface area contributed by atoms with Gasteiger partial charge in [-0.25, -0.2) is 4.98 Å². The van der Waals surface area contributed by atoms with Gasteiger partial charge in [0, 0.05) is 10.9 Å². The van der Waals surface area contributed by atoms with Crippen molar-refractivity contribution in [3.8, 4) is 0 Å². The lowest BCUT2D eigenvalue weighted by molar-refractivity contribution is -0.187. The highest BCUT2D eigenvalue weighted by molar-refractivity contribution is 6.31. The standard InChI is InChI=1S/C14H14ClF3N2/c15-8-5-6-11-12(7-8)20-13(19-11)9-3-1-2-4-10(9)14(16,17)18/h5-7,9-10H,1-4H2,(H,19,20). The first kappa shape index (κ1) is 13.7. The third-order valence-corrected chi connectivity index (χ3v) is 4.23. The van der Waals surface area contributed by atoms with Gasteiger partial charge in [0.15, 0.2) is 0 Å². The Morgan fingerprint density at radius 2 is 1.95 bits per heavy atom. The van der Waals surface area contributed by atoms with Crippen LogP contribution in [0.1, 0.15) is 37.4 Å².